The molecule has 5 heteroatoms. The first-order valence-corrected chi connectivity index (χ1v) is 6.66. The van der Waals surface area contributed by atoms with E-state index >= 15 is 0 Å². The monoisotopic (exact) mass is 262 g/mol. The molecular formula is C14H22N4O. The first-order valence-electron chi connectivity index (χ1n) is 6.66. The molecule has 0 saturated carbocycles. The predicted molar refractivity (Wildman–Crippen MR) is 76.1 cm³/mol. The van der Waals surface area contributed by atoms with E-state index in [0.29, 0.717) is 6.54 Å². The third-order valence-corrected chi connectivity index (χ3v) is 3.82. The SMILES string of the molecule is CNC(C)c1cccnc1N1CCNC(=O)C1(C)C. The van der Waals surface area contributed by atoms with Crippen LogP contribution < -0.4 is 15.5 Å². The number of hydrogen-bond donors (Lipinski definition) is 2. The lowest BCUT2D eigenvalue weighted by molar-refractivity contribution is -0.126. The summed E-state index contributed by atoms with van der Waals surface area (Å²) in [4.78, 5) is 18.7. The van der Waals surface area contributed by atoms with Crippen LogP contribution in [0.4, 0.5) is 5.82 Å². The number of piperazine rings is 1. The number of anilines is 1. The Hall–Kier alpha value is -1.62. The van der Waals surface area contributed by atoms with Gasteiger partial charge < -0.3 is 15.5 Å². The van der Waals surface area contributed by atoms with Crippen molar-refractivity contribution in [3.05, 3.63) is 23.9 Å². The van der Waals surface area contributed by atoms with Crippen LogP contribution in [0, 0.1) is 0 Å². The van der Waals surface area contributed by atoms with Crippen LogP contribution in [0.15, 0.2) is 18.3 Å². The average molecular weight is 262 g/mol. The molecule has 0 aliphatic carbocycles. The van der Waals surface area contributed by atoms with E-state index in [1.54, 1.807) is 6.20 Å². The van der Waals surface area contributed by atoms with Crippen LogP contribution in [-0.2, 0) is 4.79 Å². The van der Waals surface area contributed by atoms with Crippen molar-refractivity contribution < 1.29 is 4.79 Å². The molecule has 1 aliphatic heterocycles. The fourth-order valence-electron chi connectivity index (χ4n) is 2.40. The molecule has 1 unspecified atom stereocenters. The van der Waals surface area contributed by atoms with Gasteiger partial charge in [-0.15, -0.1) is 0 Å². The number of nitrogens with one attached hydrogen (secondary N) is 2. The molecule has 2 N–H and O–H groups in total. The van der Waals surface area contributed by atoms with Gasteiger partial charge in [-0.1, -0.05) is 6.07 Å². The van der Waals surface area contributed by atoms with Gasteiger partial charge in [0.1, 0.15) is 11.4 Å². The lowest BCUT2D eigenvalue weighted by atomic mass is 9.97. The number of nitrogens with zero attached hydrogens (tertiary/aromatic N) is 2. The molecule has 5 nitrogen and oxygen atoms in total. The largest absolute Gasteiger partial charge is 0.352 e. The summed E-state index contributed by atoms with van der Waals surface area (Å²) in [5.74, 6) is 0.941. The van der Waals surface area contributed by atoms with E-state index in [2.05, 4.69) is 33.5 Å². The Morgan fingerprint density at radius 1 is 1.53 bits per heavy atom. The van der Waals surface area contributed by atoms with E-state index in [9.17, 15) is 4.79 Å². The summed E-state index contributed by atoms with van der Waals surface area (Å²) in [6.07, 6.45) is 1.78. The van der Waals surface area contributed by atoms with Gasteiger partial charge in [0.15, 0.2) is 0 Å². The number of aromatic nitrogens is 1. The molecule has 2 rings (SSSR count). The van der Waals surface area contributed by atoms with Crippen molar-refractivity contribution >= 4 is 11.7 Å². The summed E-state index contributed by atoms with van der Waals surface area (Å²) in [6, 6.07) is 4.19. The van der Waals surface area contributed by atoms with Gasteiger partial charge in [0.25, 0.3) is 0 Å². The molecule has 0 radical (unpaired) electrons. The zero-order chi connectivity index (χ0) is 14.0. The second kappa shape index (κ2) is 5.17. The Morgan fingerprint density at radius 3 is 2.95 bits per heavy atom. The molecule has 0 spiro atoms. The van der Waals surface area contributed by atoms with E-state index in [1.807, 2.05) is 27.0 Å². The van der Waals surface area contributed by atoms with Crippen molar-refractivity contribution in [1.82, 2.24) is 15.6 Å². The molecule has 1 aromatic heterocycles. The molecule has 19 heavy (non-hydrogen) atoms. The molecule has 0 aromatic carbocycles. The van der Waals surface area contributed by atoms with Crippen LogP contribution in [0.25, 0.3) is 0 Å². The minimum atomic E-state index is -0.575. The maximum Gasteiger partial charge on any atom is 0.245 e. The van der Waals surface area contributed by atoms with Crippen LogP contribution in [0.3, 0.4) is 0 Å². The maximum absolute atomic E-state index is 12.1. The lowest BCUT2D eigenvalue weighted by Gasteiger charge is -2.43. The zero-order valence-electron chi connectivity index (χ0n) is 12.0. The summed E-state index contributed by atoms with van der Waals surface area (Å²) in [5.41, 5.74) is 0.544. The second-order valence-corrected chi connectivity index (χ2v) is 5.39. The van der Waals surface area contributed by atoms with E-state index in [-0.39, 0.29) is 11.9 Å². The molecule has 104 valence electrons. The molecule has 1 aliphatic rings. The van der Waals surface area contributed by atoms with Gasteiger partial charge in [0, 0.05) is 30.9 Å². The number of rotatable bonds is 3. The van der Waals surface area contributed by atoms with E-state index < -0.39 is 5.54 Å². The number of hydrogen-bond acceptors (Lipinski definition) is 4. The fraction of sp³-hybridized carbons (Fsp3) is 0.571. The number of amides is 1. The Balaban J connectivity index is 2.43. The minimum Gasteiger partial charge on any atom is -0.352 e. The van der Waals surface area contributed by atoms with Gasteiger partial charge in [-0.25, -0.2) is 4.98 Å². The normalized spacial score (nSPS) is 20.0. The highest BCUT2D eigenvalue weighted by atomic mass is 16.2. The Kier molecular flexibility index (Phi) is 3.75. The van der Waals surface area contributed by atoms with Crippen molar-refractivity contribution in [3.8, 4) is 0 Å². The summed E-state index contributed by atoms with van der Waals surface area (Å²) in [6.45, 7) is 7.40. The number of pyridine rings is 1. The van der Waals surface area contributed by atoms with Crippen LogP contribution in [0.2, 0.25) is 0 Å². The molecule has 1 atom stereocenters. The van der Waals surface area contributed by atoms with E-state index in [1.165, 1.54) is 0 Å². The highest BCUT2D eigenvalue weighted by Gasteiger charge is 2.39. The molecule has 1 amide bonds. The van der Waals surface area contributed by atoms with Gasteiger partial charge in [0.2, 0.25) is 5.91 Å². The highest BCUT2D eigenvalue weighted by Crippen LogP contribution is 2.30. The smallest absolute Gasteiger partial charge is 0.245 e. The molecule has 2 heterocycles. The fourth-order valence-corrected chi connectivity index (χ4v) is 2.40. The minimum absolute atomic E-state index is 0.0486. The van der Waals surface area contributed by atoms with Gasteiger partial charge >= 0.3 is 0 Å². The van der Waals surface area contributed by atoms with Gasteiger partial charge in [-0.05, 0) is 33.9 Å². The first kappa shape index (κ1) is 13.8. The van der Waals surface area contributed by atoms with Crippen molar-refractivity contribution in [3.63, 3.8) is 0 Å². The summed E-state index contributed by atoms with van der Waals surface area (Å²) in [5, 5.41) is 6.14. The second-order valence-electron chi connectivity index (χ2n) is 5.39. The topological polar surface area (TPSA) is 57.3 Å². The van der Waals surface area contributed by atoms with Crippen LogP contribution in [0.1, 0.15) is 32.4 Å². The standard InChI is InChI=1S/C14H22N4O/c1-10(15-4)11-6-5-7-16-12(11)18-9-8-17-13(19)14(18,2)3/h5-7,10,15H,8-9H2,1-4H3,(H,17,19). The van der Waals surface area contributed by atoms with Crippen molar-refractivity contribution in [1.29, 1.82) is 0 Å². The average Bonchev–Trinajstić information content (AvgIpc) is 2.41. The molecule has 1 aromatic rings. The maximum atomic E-state index is 12.1. The Bertz CT molecular complexity index is 472. The zero-order valence-corrected chi connectivity index (χ0v) is 12.0. The quantitative estimate of drug-likeness (QED) is 0.856. The Labute approximate surface area is 114 Å². The highest BCUT2D eigenvalue weighted by molar-refractivity contribution is 5.90. The van der Waals surface area contributed by atoms with Crippen LogP contribution in [0.5, 0.6) is 0 Å². The summed E-state index contributed by atoms with van der Waals surface area (Å²) in [7, 11) is 1.93. The van der Waals surface area contributed by atoms with Crippen molar-refractivity contribution in [2.75, 3.05) is 25.0 Å². The van der Waals surface area contributed by atoms with E-state index in [4.69, 9.17) is 0 Å². The van der Waals surface area contributed by atoms with Gasteiger partial charge in [0.05, 0.1) is 0 Å². The van der Waals surface area contributed by atoms with Crippen LogP contribution in [-0.4, -0.2) is 36.6 Å². The predicted octanol–water partition coefficient (Wildman–Crippen LogP) is 1.08. The van der Waals surface area contributed by atoms with Crippen LogP contribution >= 0.6 is 0 Å². The lowest BCUT2D eigenvalue weighted by Crippen LogP contribution is -2.62. The number of carbonyl (C=O) groups excluding carboxylic acids is 1. The first-order chi connectivity index (χ1) is 8.98. The summed E-state index contributed by atoms with van der Waals surface area (Å²) < 4.78 is 0. The van der Waals surface area contributed by atoms with Gasteiger partial charge in [-0.2, -0.15) is 0 Å². The number of carbonyl (C=O) groups is 1. The molecule has 1 fully saturated rings. The van der Waals surface area contributed by atoms with Crippen molar-refractivity contribution in [2.45, 2.75) is 32.4 Å². The molecule has 0 bridgehead atoms. The third kappa shape index (κ3) is 2.42. The van der Waals surface area contributed by atoms with E-state index in [0.717, 1.165) is 17.9 Å². The molecule has 1 saturated heterocycles. The Morgan fingerprint density at radius 2 is 2.26 bits per heavy atom. The molecular weight excluding hydrogens is 240 g/mol. The van der Waals surface area contributed by atoms with Crippen molar-refractivity contribution in [2.24, 2.45) is 0 Å². The summed E-state index contributed by atoms with van der Waals surface area (Å²) >= 11 is 0. The van der Waals surface area contributed by atoms with Gasteiger partial charge in [-0.3, -0.25) is 4.79 Å². The third-order valence-electron chi connectivity index (χ3n) is 3.82.